The van der Waals surface area contributed by atoms with Gasteiger partial charge in [0.15, 0.2) is 6.61 Å². The van der Waals surface area contributed by atoms with Gasteiger partial charge in [-0.05, 0) is 52.3 Å². The number of anilines is 1. The number of methoxy groups -OCH3 is 1. The van der Waals surface area contributed by atoms with Gasteiger partial charge in [0.05, 0.1) is 16.6 Å². The van der Waals surface area contributed by atoms with Crippen LogP contribution in [0, 0.1) is 0 Å². The van der Waals surface area contributed by atoms with Crippen LogP contribution in [0.5, 0.6) is 11.5 Å². The number of hydrogen-bond donors (Lipinski definition) is 1. The van der Waals surface area contributed by atoms with Crippen LogP contribution in [-0.4, -0.2) is 19.6 Å². The zero-order chi connectivity index (χ0) is 16.1. The summed E-state index contributed by atoms with van der Waals surface area (Å²) in [5, 5.41) is 3.69. The number of carbonyl (C=O) groups excluding carboxylic acids is 1. The van der Waals surface area contributed by atoms with Crippen molar-refractivity contribution in [2.45, 2.75) is 0 Å². The maximum atomic E-state index is 11.9. The van der Waals surface area contributed by atoms with E-state index in [0.29, 0.717) is 31.7 Å². The molecule has 0 fully saturated rings. The molecule has 0 heterocycles. The predicted molar refractivity (Wildman–Crippen MR) is 91.3 cm³/mol. The van der Waals surface area contributed by atoms with Gasteiger partial charge in [0, 0.05) is 10.7 Å². The Kier molecular flexibility index (Phi) is 5.94. The molecule has 2 rings (SSSR count). The molecule has 7 heteroatoms. The first-order valence-corrected chi connectivity index (χ1v) is 7.75. The molecule has 0 bridgehead atoms. The Morgan fingerprint density at radius 3 is 2.55 bits per heavy atom. The maximum absolute atomic E-state index is 11.9. The maximum Gasteiger partial charge on any atom is 0.262 e. The first-order chi connectivity index (χ1) is 10.5. The normalized spacial score (nSPS) is 10.2. The van der Waals surface area contributed by atoms with Crippen molar-refractivity contribution >= 4 is 50.7 Å². The summed E-state index contributed by atoms with van der Waals surface area (Å²) in [5.41, 5.74) is 0.564. The fourth-order valence-corrected chi connectivity index (χ4v) is 2.73. The second-order valence-corrected chi connectivity index (χ2v) is 5.96. The van der Waals surface area contributed by atoms with Crippen LogP contribution in [0.15, 0.2) is 40.9 Å². The highest BCUT2D eigenvalue weighted by atomic mass is 79.9. The quantitative estimate of drug-likeness (QED) is 0.779. The number of ether oxygens (including phenoxy) is 2. The van der Waals surface area contributed by atoms with Gasteiger partial charge in [0.2, 0.25) is 0 Å². The minimum atomic E-state index is -0.303. The third kappa shape index (κ3) is 4.53. The van der Waals surface area contributed by atoms with Crippen LogP contribution < -0.4 is 14.8 Å². The Balaban J connectivity index is 1.94. The Hall–Kier alpha value is -1.43. The van der Waals surface area contributed by atoms with E-state index in [2.05, 4.69) is 21.2 Å². The predicted octanol–water partition coefficient (Wildman–Crippen LogP) is 4.78. The average molecular weight is 405 g/mol. The van der Waals surface area contributed by atoms with Gasteiger partial charge in [-0.2, -0.15) is 0 Å². The number of carbonyl (C=O) groups is 1. The standard InChI is InChI=1S/C15H12BrCl2NO3/c1-21-14-5-3-10(7-12(14)18)19-15(20)8-22-13-4-2-9(17)6-11(13)16/h2-7H,8H2,1H3,(H,19,20). The van der Waals surface area contributed by atoms with E-state index in [0.717, 1.165) is 0 Å². The topological polar surface area (TPSA) is 47.6 Å². The lowest BCUT2D eigenvalue weighted by Gasteiger charge is -2.10. The summed E-state index contributed by atoms with van der Waals surface area (Å²) in [6, 6.07) is 10.0. The number of amides is 1. The molecule has 4 nitrogen and oxygen atoms in total. The summed E-state index contributed by atoms with van der Waals surface area (Å²) in [6.45, 7) is -0.135. The second-order valence-electron chi connectivity index (χ2n) is 4.26. The molecule has 0 aliphatic heterocycles. The number of benzene rings is 2. The van der Waals surface area contributed by atoms with Gasteiger partial charge in [-0.15, -0.1) is 0 Å². The van der Waals surface area contributed by atoms with E-state index in [4.69, 9.17) is 32.7 Å². The average Bonchev–Trinajstić information content (AvgIpc) is 2.46. The van der Waals surface area contributed by atoms with E-state index >= 15 is 0 Å². The van der Waals surface area contributed by atoms with E-state index in [1.807, 2.05) is 0 Å². The second kappa shape index (κ2) is 7.72. The molecule has 2 aromatic carbocycles. The smallest absolute Gasteiger partial charge is 0.262 e. The fraction of sp³-hybridized carbons (Fsp3) is 0.133. The van der Waals surface area contributed by atoms with Gasteiger partial charge in [-0.1, -0.05) is 23.2 Å². The molecular weight excluding hydrogens is 393 g/mol. The van der Waals surface area contributed by atoms with Gasteiger partial charge in [0.1, 0.15) is 11.5 Å². The van der Waals surface area contributed by atoms with E-state index < -0.39 is 0 Å². The highest BCUT2D eigenvalue weighted by molar-refractivity contribution is 9.10. The number of rotatable bonds is 5. The lowest BCUT2D eigenvalue weighted by Crippen LogP contribution is -2.20. The molecule has 0 aromatic heterocycles. The third-order valence-electron chi connectivity index (χ3n) is 2.69. The van der Waals surface area contributed by atoms with Crippen LogP contribution in [0.4, 0.5) is 5.69 Å². The molecule has 0 atom stereocenters. The Labute approximate surface area is 146 Å². The molecule has 0 aliphatic rings. The molecular formula is C15H12BrCl2NO3. The number of nitrogens with one attached hydrogen (secondary N) is 1. The first kappa shape index (κ1) is 16.9. The molecule has 1 N–H and O–H groups in total. The Morgan fingerprint density at radius 1 is 1.18 bits per heavy atom. The first-order valence-electron chi connectivity index (χ1n) is 6.21. The molecule has 0 aliphatic carbocycles. The van der Waals surface area contributed by atoms with Crippen molar-refractivity contribution in [3.05, 3.63) is 50.9 Å². The number of halogens is 3. The van der Waals surface area contributed by atoms with E-state index in [-0.39, 0.29) is 12.5 Å². The van der Waals surface area contributed by atoms with Crippen molar-refractivity contribution < 1.29 is 14.3 Å². The van der Waals surface area contributed by atoms with E-state index in [1.54, 1.807) is 36.4 Å². The summed E-state index contributed by atoms with van der Waals surface area (Å²) >= 11 is 15.2. The van der Waals surface area contributed by atoms with Crippen molar-refractivity contribution in [3.8, 4) is 11.5 Å². The van der Waals surface area contributed by atoms with Crippen LogP contribution in [0.1, 0.15) is 0 Å². The van der Waals surface area contributed by atoms with Crippen LogP contribution in [0.25, 0.3) is 0 Å². The van der Waals surface area contributed by atoms with Gasteiger partial charge in [0.25, 0.3) is 5.91 Å². The zero-order valence-corrected chi connectivity index (χ0v) is 14.6. The Bertz CT molecular complexity index is 694. The summed E-state index contributed by atoms with van der Waals surface area (Å²) in [6.07, 6.45) is 0. The van der Waals surface area contributed by atoms with Gasteiger partial charge >= 0.3 is 0 Å². The molecule has 1 amide bonds. The Morgan fingerprint density at radius 2 is 1.91 bits per heavy atom. The van der Waals surface area contributed by atoms with Gasteiger partial charge in [-0.25, -0.2) is 0 Å². The van der Waals surface area contributed by atoms with Crippen molar-refractivity contribution in [2.75, 3.05) is 19.0 Å². The molecule has 0 saturated heterocycles. The summed E-state index contributed by atoms with van der Waals surface area (Å²) in [4.78, 5) is 11.9. The van der Waals surface area contributed by atoms with Gasteiger partial charge in [-0.3, -0.25) is 4.79 Å². The van der Waals surface area contributed by atoms with Crippen molar-refractivity contribution in [2.24, 2.45) is 0 Å². The zero-order valence-electron chi connectivity index (χ0n) is 11.5. The van der Waals surface area contributed by atoms with Crippen LogP contribution in [-0.2, 0) is 4.79 Å². The number of hydrogen-bond acceptors (Lipinski definition) is 3. The third-order valence-corrected chi connectivity index (χ3v) is 3.84. The molecule has 22 heavy (non-hydrogen) atoms. The lowest BCUT2D eigenvalue weighted by molar-refractivity contribution is -0.118. The van der Waals surface area contributed by atoms with Gasteiger partial charge < -0.3 is 14.8 Å². The molecule has 0 spiro atoms. The molecule has 116 valence electrons. The van der Waals surface area contributed by atoms with Crippen LogP contribution in [0.2, 0.25) is 10.0 Å². The van der Waals surface area contributed by atoms with E-state index in [9.17, 15) is 4.79 Å². The minimum Gasteiger partial charge on any atom is -0.495 e. The molecule has 0 radical (unpaired) electrons. The largest absolute Gasteiger partial charge is 0.495 e. The lowest BCUT2D eigenvalue weighted by atomic mass is 10.3. The molecule has 0 unspecified atom stereocenters. The van der Waals surface area contributed by atoms with Crippen molar-refractivity contribution in [1.82, 2.24) is 0 Å². The minimum absolute atomic E-state index is 0.135. The summed E-state index contributed by atoms with van der Waals surface area (Å²) in [5.74, 6) is 0.774. The molecule has 2 aromatic rings. The van der Waals surface area contributed by atoms with Crippen molar-refractivity contribution in [3.63, 3.8) is 0 Å². The van der Waals surface area contributed by atoms with E-state index in [1.165, 1.54) is 7.11 Å². The van der Waals surface area contributed by atoms with Crippen LogP contribution in [0.3, 0.4) is 0 Å². The highest BCUT2D eigenvalue weighted by Crippen LogP contribution is 2.28. The highest BCUT2D eigenvalue weighted by Gasteiger charge is 2.08. The SMILES string of the molecule is COc1ccc(NC(=O)COc2ccc(Cl)cc2Br)cc1Cl. The van der Waals surface area contributed by atoms with Crippen LogP contribution >= 0.6 is 39.1 Å². The fourth-order valence-electron chi connectivity index (χ4n) is 1.68. The summed E-state index contributed by atoms with van der Waals surface area (Å²) < 4.78 is 11.2. The monoisotopic (exact) mass is 403 g/mol. The molecule has 0 saturated carbocycles. The van der Waals surface area contributed by atoms with Crippen molar-refractivity contribution in [1.29, 1.82) is 0 Å². The summed E-state index contributed by atoms with van der Waals surface area (Å²) in [7, 11) is 1.53.